The Hall–Kier alpha value is -3.62. The molecule has 4 aromatic rings. The molecule has 0 aliphatic carbocycles. The highest BCUT2D eigenvalue weighted by molar-refractivity contribution is 7.65. The van der Waals surface area contributed by atoms with Crippen LogP contribution in [0.1, 0.15) is 38.2 Å². The Morgan fingerprint density at radius 2 is 1.62 bits per heavy atom. The van der Waals surface area contributed by atoms with E-state index in [4.69, 9.17) is 4.74 Å². The maximum Gasteiger partial charge on any atom is 0.232 e. The summed E-state index contributed by atoms with van der Waals surface area (Å²) in [6.07, 6.45) is 11.0. The second-order valence-corrected chi connectivity index (χ2v) is 13.4. The predicted molar refractivity (Wildman–Crippen MR) is 173 cm³/mol. The molecule has 42 heavy (non-hydrogen) atoms. The summed E-state index contributed by atoms with van der Waals surface area (Å²) in [5, 5.41) is 7.94. The first-order valence-corrected chi connectivity index (χ1v) is 17.1. The zero-order valence-electron chi connectivity index (χ0n) is 25.0. The van der Waals surface area contributed by atoms with E-state index in [2.05, 4.69) is 77.7 Å². The first-order chi connectivity index (χ1) is 20.5. The van der Waals surface area contributed by atoms with E-state index in [9.17, 15) is 0 Å². The molecule has 220 valence electrons. The molecule has 2 aromatic heterocycles. The monoisotopic (exact) mass is 585 g/mol. The largest absolute Gasteiger partial charge is 0.494 e. The number of hydrogen-bond donors (Lipinski definition) is 2. The van der Waals surface area contributed by atoms with Crippen molar-refractivity contribution in [2.75, 3.05) is 62.2 Å². The van der Waals surface area contributed by atoms with Gasteiger partial charge in [-0.3, -0.25) is 9.97 Å². The fourth-order valence-electron chi connectivity index (χ4n) is 6.27. The average molecular weight is 586 g/mol. The van der Waals surface area contributed by atoms with Gasteiger partial charge in [-0.05, 0) is 82.3 Å². The van der Waals surface area contributed by atoms with Crippen molar-refractivity contribution in [2.45, 2.75) is 45.1 Å². The number of anilines is 5. The molecule has 2 saturated heterocycles. The Balaban J connectivity index is 1.21. The number of fused-ring (bicyclic) bond motifs is 1. The van der Waals surface area contributed by atoms with E-state index in [1.165, 1.54) is 56.4 Å². The lowest BCUT2D eigenvalue weighted by Gasteiger charge is -2.38. The average Bonchev–Trinajstić information content (AvgIpc) is 3.56. The van der Waals surface area contributed by atoms with Crippen LogP contribution in [-0.2, 0) is 6.42 Å². The van der Waals surface area contributed by atoms with Gasteiger partial charge in [0.1, 0.15) is 12.1 Å². The van der Waals surface area contributed by atoms with E-state index in [-0.39, 0.29) is 0 Å². The molecule has 2 aromatic carbocycles. The van der Waals surface area contributed by atoms with Crippen molar-refractivity contribution < 1.29 is 4.74 Å². The van der Waals surface area contributed by atoms with Crippen LogP contribution in [0.15, 0.2) is 43.0 Å². The van der Waals surface area contributed by atoms with Crippen LogP contribution in [0.5, 0.6) is 5.75 Å². The molecule has 0 saturated carbocycles. The third kappa shape index (κ3) is 5.96. The minimum absolute atomic E-state index is 0.449. The van der Waals surface area contributed by atoms with Crippen molar-refractivity contribution in [3.8, 4) is 5.75 Å². The Kier molecular flexibility index (Phi) is 8.63. The highest BCUT2D eigenvalue weighted by atomic mass is 31.1. The van der Waals surface area contributed by atoms with Crippen molar-refractivity contribution in [2.24, 2.45) is 0 Å². The number of aromatic nitrogens is 5. The molecule has 0 radical (unpaired) electrons. The highest BCUT2D eigenvalue weighted by Gasteiger charge is 2.27. The van der Waals surface area contributed by atoms with E-state index >= 15 is 0 Å². The third-order valence-electron chi connectivity index (χ3n) is 8.37. The molecule has 2 fully saturated rings. The van der Waals surface area contributed by atoms with Crippen LogP contribution in [0.2, 0.25) is 0 Å². The number of nitrogens with one attached hydrogen (secondary N) is 2. The number of piperidine rings is 1. The van der Waals surface area contributed by atoms with Gasteiger partial charge in [0.25, 0.3) is 0 Å². The number of benzene rings is 2. The second-order valence-electron chi connectivity index (χ2n) is 11.2. The number of likely N-dealkylation sites (tertiary alicyclic amines) is 1. The van der Waals surface area contributed by atoms with Gasteiger partial charge in [-0.15, -0.1) is 0 Å². The zero-order valence-corrected chi connectivity index (χ0v) is 25.9. The number of methoxy groups -OCH3 is 1. The van der Waals surface area contributed by atoms with Crippen molar-refractivity contribution >= 4 is 53.2 Å². The van der Waals surface area contributed by atoms with Gasteiger partial charge in [0.15, 0.2) is 0 Å². The van der Waals surface area contributed by atoms with Gasteiger partial charge >= 0.3 is 0 Å². The molecule has 0 unspecified atom stereocenters. The molecule has 11 heteroatoms. The van der Waals surface area contributed by atoms with Gasteiger partial charge in [0.05, 0.1) is 29.5 Å². The molecule has 4 heterocycles. The zero-order chi connectivity index (χ0) is 29.1. The molecule has 2 N–H and O–H groups in total. The molecular weight excluding hydrogens is 545 g/mol. The summed E-state index contributed by atoms with van der Waals surface area (Å²) in [4.78, 5) is 27.8. The summed E-state index contributed by atoms with van der Waals surface area (Å²) in [5.74, 6) is 1.68. The number of rotatable bonds is 9. The lowest BCUT2D eigenvalue weighted by atomic mass is 10.0. The Bertz CT molecular complexity index is 1530. The smallest absolute Gasteiger partial charge is 0.232 e. The van der Waals surface area contributed by atoms with Crippen molar-refractivity contribution in [1.29, 1.82) is 0 Å². The quantitative estimate of drug-likeness (QED) is 0.251. The number of hydrogen-bond acceptors (Lipinski definition) is 10. The summed E-state index contributed by atoms with van der Waals surface area (Å²) in [5.41, 5.74) is 6.11. The van der Waals surface area contributed by atoms with Gasteiger partial charge in [-0.25, -0.2) is 9.97 Å². The molecular formula is C31H40N9OP. The molecule has 6 rings (SSSR count). The summed E-state index contributed by atoms with van der Waals surface area (Å²) < 4.78 is 5.86. The van der Waals surface area contributed by atoms with Crippen molar-refractivity contribution in [3.63, 3.8) is 0 Å². The Morgan fingerprint density at radius 3 is 2.31 bits per heavy atom. The normalized spacial score (nSPS) is 16.4. The predicted octanol–water partition coefficient (Wildman–Crippen LogP) is 5.30. The van der Waals surface area contributed by atoms with Crippen LogP contribution in [0.3, 0.4) is 0 Å². The van der Waals surface area contributed by atoms with E-state index in [0.29, 0.717) is 11.9 Å². The van der Waals surface area contributed by atoms with Gasteiger partial charge < -0.3 is 25.2 Å². The number of aryl methyl sites for hydroxylation is 1. The third-order valence-corrected chi connectivity index (χ3v) is 9.72. The maximum atomic E-state index is 5.86. The van der Waals surface area contributed by atoms with Gasteiger partial charge in [-0.2, -0.15) is 4.98 Å². The summed E-state index contributed by atoms with van der Waals surface area (Å²) >= 11 is 0. The highest BCUT2D eigenvalue weighted by Crippen LogP contribution is 2.37. The van der Waals surface area contributed by atoms with E-state index in [1.807, 2.05) is 12.1 Å². The number of nitrogens with zero attached hydrogens (tertiary/aromatic N) is 7. The molecule has 0 bridgehead atoms. The van der Waals surface area contributed by atoms with Crippen LogP contribution >= 0.6 is 7.92 Å². The molecule has 10 nitrogen and oxygen atoms in total. The van der Waals surface area contributed by atoms with Gasteiger partial charge in [-0.1, -0.05) is 14.8 Å². The summed E-state index contributed by atoms with van der Waals surface area (Å²) in [6, 6.07) is 9.07. The molecule has 2 aliphatic rings. The van der Waals surface area contributed by atoms with E-state index in [1.54, 1.807) is 19.5 Å². The number of ether oxygens (including phenoxy) is 1. The van der Waals surface area contributed by atoms with Crippen LogP contribution in [0.25, 0.3) is 11.0 Å². The van der Waals surface area contributed by atoms with Crippen LogP contribution < -0.4 is 25.6 Å². The van der Waals surface area contributed by atoms with Crippen LogP contribution in [0, 0.1) is 0 Å². The van der Waals surface area contributed by atoms with Gasteiger partial charge in [0.2, 0.25) is 11.9 Å². The standard InChI is InChI=1S/C31H40N9OP/c1-5-21-18-25(27(41-2)19-26(21)40-16-10-22(11-17-40)39-14-6-7-15-39)37-31-35-20-34-30(38-31)36-24-9-8-23-28(29(24)42(3)4)33-13-12-32-23/h8-9,12-13,18-20,22H,5-7,10-11,14-17H2,1-4H3,(H2,34,35,36,37,38). The minimum Gasteiger partial charge on any atom is -0.494 e. The van der Waals surface area contributed by atoms with Gasteiger partial charge in [0, 0.05) is 48.6 Å². The molecule has 0 atom stereocenters. The minimum atomic E-state index is -0.461. The maximum absolute atomic E-state index is 5.86. The summed E-state index contributed by atoms with van der Waals surface area (Å²) in [6.45, 7) is 11.3. The fraction of sp³-hybridized carbons (Fsp3) is 0.452. The SMILES string of the molecule is CCc1cc(Nc2ncnc(Nc3ccc4nccnc4c3P(C)C)n2)c(OC)cc1N1CCC(N2CCCC2)CC1. The van der Waals surface area contributed by atoms with Crippen LogP contribution in [0.4, 0.5) is 29.0 Å². The molecule has 0 spiro atoms. The lowest BCUT2D eigenvalue weighted by molar-refractivity contribution is 0.208. The summed E-state index contributed by atoms with van der Waals surface area (Å²) in [7, 11) is 1.26. The van der Waals surface area contributed by atoms with Crippen molar-refractivity contribution in [1.82, 2.24) is 29.8 Å². The Labute approximate surface area is 249 Å². The van der Waals surface area contributed by atoms with Crippen molar-refractivity contribution in [3.05, 3.63) is 48.5 Å². The van der Waals surface area contributed by atoms with E-state index in [0.717, 1.165) is 59.0 Å². The first kappa shape index (κ1) is 28.5. The molecule has 0 amide bonds. The fourth-order valence-corrected chi connectivity index (χ4v) is 7.48. The lowest BCUT2D eigenvalue weighted by Crippen LogP contribution is -2.44. The molecule has 2 aliphatic heterocycles. The Morgan fingerprint density at radius 1 is 0.905 bits per heavy atom. The second kappa shape index (κ2) is 12.7. The van der Waals surface area contributed by atoms with E-state index < -0.39 is 7.92 Å². The topological polar surface area (TPSA) is 104 Å². The van der Waals surface area contributed by atoms with Crippen LogP contribution in [-0.4, -0.2) is 82.5 Å². The first-order valence-electron chi connectivity index (χ1n) is 14.9.